The summed E-state index contributed by atoms with van der Waals surface area (Å²) in [5.74, 6) is 0.872. The first-order valence-corrected chi connectivity index (χ1v) is 8.66. The number of aryl methyl sites for hydroxylation is 1. The Morgan fingerprint density at radius 1 is 1.33 bits per heavy atom. The van der Waals surface area contributed by atoms with E-state index >= 15 is 0 Å². The van der Waals surface area contributed by atoms with Crippen LogP contribution in [0.15, 0.2) is 28.7 Å². The number of rotatable bonds is 6. The van der Waals surface area contributed by atoms with Crippen LogP contribution in [-0.4, -0.2) is 50.7 Å². The number of piperidine rings is 1. The van der Waals surface area contributed by atoms with Crippen LogP contribution in [0, 0.1) is 12.8 Å². The zero-order valence-electron chi connectivity index (χ0n) is 14.5. The van der Waals surface area contributed by atoms with E-state index in [1.165, 1.54) is 0 Å². The number of nitrogens with one attached hydrogen (secondary N) is 1. The number of para-hydroxylation sites is 1. The summed E-state index contributed by atoms with van der Waals surface area (Å²) >= 11 is 0. The van der Waals surface area contributed by atoms with Gasteiger partial charge in [-0.2, -0.15) is 0 Å². The van der Waals surface area contributed by atoms with Crippen LogP contribution in [0.4, 0.5) is 0 Å². The molecule has 1 saturated heterocycles. The van der Waals surface area contributed by atoms with Crippen molar-refractivity contribution >= 4 is 16.9 Å². The summed E-state index contributed by atoms with van der Waals surface area (Å²) in [6.45, 7) is 6.59. The SMILES string of the molecule is COCCN1CCC(CNC(=O)c2oc3ccccc3c2C)CC1. The predicted octanol–water partition coefficient (Wildman–Crippen LogP) is 2.83. The molecular weight excluding hydrogens is 304 g/mol. The van der Waals surface area contributed by atoms with Crippen molar-refractivity contribution in [2.45, 2.75) is 19.8 Å². The number of benzene rings is 1. The second-order valence-electron chi connectivity index (χ2n) is 6.54. The molecule has 2 heterocycles. The van der Waals surface area contributed by atoms with E-state index in [1.54, 1.807) is 7.11 Å². The standard InChI is InChI=1S/C19H26N2O3/c1-14-16-5-3-4-6-17(16)24-18(14)19(22)20-13-15-7-9-21(10-8-15)11-12-23-2/h3-6,15H,7-13H2,1-2H3,(H,20,22). The van der Waals surface area contributed by atoms with Crippen molar-refractivity contribution < 1.29 is 13.9 Å². The molecule has 1 aromatic carbocycles. The van der Waals surface area contributed by atoms with Gasteiger partial charge in [-0.25, -0.2) is 0 Å². The molecule has 1 fully saturated rings. The molecule has 1 aliphatic heterocycles. The van der Waals surface area contributed by atoms with Crippen LogP contribution in [0.2, 0.25) is 0 Å². The lowest BCUT2D eigenvalue weighted by Gasteiger charge is -2.31. The molecule has 0 bridgehead atoms. The first-order valence-electron chi connectivity index (χ1n) is 8.66. The summed E-state index contributed by atoms with van der Waals surface area (Å²) in [6.07, 6.45) is 2.23. The van der Waals surface area contributed by atoms with Crippen LogP contribution in [0.25, 0.3) is 11.0 Å². The van der Waals surface area contributed by atoms with Crippen molar-refractivity contribution in [3.05, 3.63) is 35.6 Å². The van der Waals surface area contributed by atoms with Gasteiger partial charge in [-0.15, -0.1) is 0 Å². The molecule has 0 atom stereocenters. The third-order valence-electron chi connectivity index (χ3n) is 4.92. The molecule has 1 aliphatic rings. The summed E-state index contributed by atoms with van der Waals surface area (Å²) in [5, 5.41) is 4.06. The monoisotopic (exact) mass is 330 g/mol. The van der Waals surface area contributed by atoms with E-state index < -0.39 is 0 Å². The fourth-order valence-electron chi connectivity index (χ4n) is 3.34. The Hall–Kier alpha value is -1.85. The van der Waals surface area contributed by atoms with Gasteiger partial charge in [0.05, 0.1) is 6.61 Å². The maximum atomic E-state index is 12.5. The Morgan fingerprint density at radius 2 is 2.08 bits per heavy atom. The lowest BCUT2D eigenvalue weighted by molar-refractivity contribution is 0.0900. The lowest BCUT2D eigenvalue weighted by atomic mass is 9.97. The molecule has 5 heteroatoms. The van der Waals surface area contributed by atoms with Crippen LogP contribution in [-0.2, 0) is 4.74 Å². The fourth-order valence-corrected chi connectivity index (χ4v) is 3.34. The zero-order chi connectivity index (χ0) is 16.9. The molecule has 2 aromatic rings. The molecule has 130 valence electrons. The number of fused-ring (bicyclic) bond motifs is 1. The largest absolute Gasteiger partial charge is 0.451 e. The molecule has 0 aliphatic carbocycles. The smallest absolute Gasteiger partial charge is 0.287 e. The van der Waals surface area contributed by atoms with Gasteiger partial charge < -0.3 is 19.4 Å². The molecule has 3 rings (SSSR count). The maximum Gasteiger partial charge on any atom is 0.287 e. The Bertz CT molecular complexity index is 687. The molecule has 1 aromatic heterocycles. The highest BCUT2D eigenvalue weighted by Gasteiger charge is 2.21. The first kappa shape index (κ1) is 17.0. The predicted molar refractivity (Wildman–Crippen MR) is 94.3 cm³/mol. The summed E-state index contributed by atoms with van der Waals surface area (Å²) in [7, 11) is 1.74. The van der Waals surface area contributed by atoms with Crippen LogP contribution in [0.3, 0.4) is 0 Å². The average molecular weight is 330 g/mol. The Morgan fingerprint density at radius 3 is 2.79 bits per heavy atom. The summed E-state index contributed by atoms with van der Waals surface area (Å²) in [4.78, 5) is 14.9. The van der Waals surface area contributed by atoms with Crippen LogP contribution in [0.1, 0.15) is 29.0 Å². The first-order chi connectivity index (χ1) is 11.7. The highest BCUT2D eigenvalue weighted by molar-refractivity contribution is 5.98. The van der Waals surface area contributed by atoms with Gasteiger partial charge in [0.15, 0.2) is 5.76 Å². The van der Waals surface area contributed by atoms with Crippen molar-refractivity contribution in [3.8, 4) is 0 Å². The number of nitrogens with zero attached hydrogens (tertiary/aromatic N) is 1. The number of ether oxygens (including phenoxy) is 1. The van der Waals surface area contributed by atoms with E-state index in [-0.39, 0.29) is 5.91 Å². The van der Waals surface area contributed by atoms with Gasteiger partial charge in [-0.3, -0.25) is 4.79 Å². The minimum Gasteiger partial charge on any atom is -0.451 e. The van der Waals surface area contributed by atoms with Crippen molar-refractivity contribution in [2.24, 2.45) is 5.92 Å². The second-order valence-corrected chi connectivity index (χ2v) is 6.54. The van der Waals surface area contributed by atoms with Gasteiger partial charge in [0.1, 0.15) is 5.58 Å². The minimum absolute atomic E-state index is 0.106. The minimum atomic E-state index is -0.106. The normalized spacial score (nSPS) is 16.6. The quantitative estimate of drug-likeness (QED) is 0.885. The van der Waals surface area contributed by atoms with E-state index in [1.807, 2.05) is 31.2 Å². The average Bonchev–Trinajstić information content (AvgIpc) is 2.96. The molecule has 0 spiro atoms. The Kier molecular flexibility index (Phi) is 5.53. The molecule has 0 saturated carbocycles. The highest BCUT2D eigenvalue weighted by atomic mass is 16.5. The molecular formula is C19H26N2O3. The fraction of sp³-hybridized carbons (Fsp3) is 0.526. The third kappa shape index (κ3) is 3.79. The number of likely N-dealkylation sites (tertiary alicyclic amines) is 1. The molecule has 24 heavy (non-hydrogen) atoms. The Labute approximate surface area is 143 Å². The topological polar surface area (TPSA) is 54.7 Å². The molecule has 5 nitrogen and oxygen atoms in total. The van der Waals surface area contributed by atoms with E-state index in [4.69, 9.17) is 9.15 Å². The number of carbonyl (C=O) groups excluding carboxylic acids is 1. The van der Waals surface area contributed by atoms with Crippen molar-refractivity contribution in [2.75, 3.05) is 39.9 Å². The van der Waals surface area contributed by atoms with E-state index in [9.17, 15) is 4.79 Å². The lowest BCUT2D eigenvalue weighted by Crippen LogP contribution is -2.39. The van der Waals surface area contributed by atoms with Gasteiger partial charge in [0.25, 0.3) is 5.91 Å². The van der Waals surface area contributed by atoms with Gasteiger partial charge in [0, 0.05) is 31.1 Å². The molecule has 0 radical (unpaired) electrons. The van der Waals surface area contributed by atoms with Gasteiger partial charge >= 0.3 is 0 Å². The van der Waals surface area contributed by atoms with Gasteiger partial charge in [-0.1, -0.05) is 18.2 Å². The number of carbonyl (C=O) groups is 1. The number of furan rings is 1. The molecule has 0 unspecified atom stereocenters. The van der Waals surface area contributed by atoms with Crippen molar-refractivity contribution in [1.29, 1.82) is 0 Å². The van der Waals surface area contributed by atoms with Crippen LogP contribution in [0.5, 0.6) is 0 Å². The second kappa shape index (κ2) is 7.81. The van der Waals surface area contributed by atoms with E-state index in [0.29, 0.717) is 18.2 Å². The maximum absolute atomic E-state index is 12.5. The van der Waals surface area contributed by atoms with Gasteiger partial charge in [-0.05, 0) is 44.8 Å². The zero-order valence-corrected chi connectivity index (χ0v) is 14.5. The summed E-state index contributed by atoms with van der Waals surface area (Å²) in [6, 6.07) is 7.77. The summed E-state index contributed by atoms with van der Waals surface area (Å²) in [5.41, 5.74) is 1.68. The number of methoxy groups -OCH3 is 1. The van der Waals surface area contributed by atoms with E-state index in [2.05, 4.69) is 10.2 Å². The highest BCUT2D eigenvalue weighted by Crippen LogP contribution is 2.25. The van der Waals surface area contributed by atoms with E-state index in [0.717, 1.165) is 55.6 Å². The Balaban J connectivity index is 1.51. The number of hydrogen-bond donors (Lipinski definition) is 1. The molecule has 1 N–H and O–H groups in total. The summed E-state index contributed by atoms with van der Waals surface area (Å²) < 4.78 is 10.9. The van der Waals surface area contributed by atoms with Crippen LogP contribution < -0.4 is 5.32 Å². The number of hydrogen-bond acceptors (Lipinski definition) is 4. The molecule has 1 amide bonds. The van der Waals surface area contributed by atoms with Crippen LogP contribution >= 0.6 is 0 Å². The number of amides is 1. The van der Waals surface area contributed by atoms with Gasteiger partial charge in [0.2, 0.25) is 0 Å². The third-order valence-corrected chi connectivity index (χ3v) is 4.92. The van der Waals surface area contributed by atoms with Crippen molar-refractivity contribution in [3.63, 3.8) is 0 Å². The van der Waals surface area contributed by atoms with Crippen molar-refractivity contribution in [1.82, 2.24) is 10.2 Å².